The number of carbonyl (C=O) groups excluding carboxylic acids is 2. The lowest BCUT2D eigenvalue weighted by atomic mass is 10.2. The van der Waals surface area contributed by atoms with Crippen LogP contribution in [0.25, 0.3) is 0 Å². The summed E-state index contributed by atoms with van der Waals surface area (Å²) in [6.45, 7) is 3.16. The molecule has 0 bridgehead atoms. The number of hydrogen-bond acceptors (Lipinski definition) is 4. The molecule has 0 aromatic carbocycles. The van der Waals surface area contributed by atoms with E-state index in [-0.39, 0.29) is 24.9 Å². The summed E-state index contributed by atoms with van der Waals surface area (Å²) in [4.78, 5) is 35.9. The van der Waals surface area contributed by atoms with Crippen LogP contribution >= 0.6 is 27.3 Å². The van der Waals surface area contributed by atoms with E-state index in [0.29, 0.717) is 4.88 Å². The summed E-state index contributed by atoms with van der Waals surface area (Å²) in [7, 11) is 0. The first-order chi connectivity index (χ1) is 9.32. The Kier molecular flexibility index (Phi) is 6.15. The number of carboxylic acids is 1. The number of thiophene rings is 1. The highest BCUT2D eigenvalue weighted by atomic mass is 79.9. The lowest BCUT2D eigenvalue weighted by Crippen LogP contribution is -2.46. The van der Waals surface area contributed by atoms with E-state index in [1.165, 1.54) is 30.1 Å². The van der Waals surface area contributed by atoms with E-state index in [2.05, 4.69) is 21.2 Å². The number of nitrogens with one attached hydrogen (secondary N) is 1. The molecule has 6 nitrogen and oxygen atoms in total. The highest BCUT2D eigenvalue weighted by Crippen LogP contribution is 2.22. The van der Waals surface area contributed by atoms with E-state index in [4.69, 9.17) is 5.11 Å². The van der Waals surface area contributed by atoms with Gasteiger partial charge in [0.1, 0.15) is 6.04 Å². The van der Waals surface area contributed by atoms with E-state index in [9.17, 15) is 14.4 Å². The highest BCUT2D eigenvalue weighted by Gasteiger charge is 2.27. The number of rotatable bonds is 6. The van der Waals surface area contributed by atoms with Crippen LogP contribution in [0.1, 0.15) is 23.5 Å². The van der Waals surface area contributed by atoms with E-state index >= 15 is 0 Å². The van der Waals surface area contributed by atoms with Crippen LogP contribution in [0.4, 0.5) is 0 Å². The minimum absolute atomic E-state index is 0.140. The van der Waals surface area contributed by atoms with Crippen molar-refractivity contribution in [3.8, 4) is 0 Å². The molecular formula is C12H15BrN2O4S. The van der Waals surface area contributed by atoms with Crippen LogP contribution in [-0.2, 0) is 9.59 Å². The topological polar surface area (TPSA) is 86.7 Å². The Labute approximate surface area is 128 Å². The zero-order chi connectivity index (χ0) is 15.3. The summed E-state index contributed by atoms with van der Waals surface area (Å²) in [5, 5.41) is 13.4. The van der Waals surface area contributed by atoms with Crippen molar-refractivity contribution in [2.45, 2.75) is 19.9 Å². The molecule has 0 saturated heterocycles. The average Bonchev–Trinajstić information content (AvgIpc) is 2.79. The average molecular weight is 363 g/mol. The Balaban J connectivity index is 2.83. The van der Waals surface area contributed by atoms with Crippen LogP contribution in [0.5, 0.6) is 0 Å². The van der Waals surface area contributed by atoms with Gasteiger partial charge in [0.15, 0.2) is 0 Å². The predicted molar refractivity (Wildman–Crippen MR) is 78.8 cm³/mol. The highest BCUT2D eigenvalue weighted by molar-refractivity contribution is 9.10. The summed E-state index contributed by atoms with van der Waals surface area (Å²) in [5.41, 5.74) is 0. The molecule has 2 amide bonds. The van der Waals surface area contributed by atoms with Gasteiger partial charge in [0.05, 0.1) is 4.88 Å². The molecule has 1 aromatic rings. The Bertz CT molecular complexity index is 517. The molecule has 20 heavy (non-hydrogen) atoms. The molecule has 0 saturated carbocycles. The van der Waals surface area contributed by atoms with Crippen LogP contribution in [0, 0.1) is 0 Å². The second kappa shape index (κ2) is 7.39. The number of hydrogen-bond donors (Lipinski definition) is 2. The summed E-state index contributed by atoms with van der Waals surface area (Å²) < 4.78 is 0.774. The van der Waals surface area contributed by atoms with Crippen molar-refractivity contribution in [3.63, 3.8) is 0 Å². The molecule has 0 radical (unpaired) electrons. The molecule has 2 N–H and O–H groups in total. The SMILES string of the molecule is CC(=O)NCCN(C(=O)c1cc(Br)cs1)C(C)C(=O)O. The predicted octanol–water partition coefficient (Wildman–Crippen LogP) is 1.56. The lowest BCUT2D eigenvalue weighted by molar-refractivity contribution is -0.141. The Morgan fingerprint density at radius 1 is 1.50 bits per heavy atom. The van der Waals surface area contributed by atoms with E-state index in [1.54, 1.807) is 11.4 Å². The van der Waals surface area contributed by atoms with Crippen molar-refractivity contribution in [1.29, 1.82) is 0 Å². The molecule has 0 aliphatic rings. The number of amides is 2. The second-order valence-electron chi connectivity index (χ2n) is 4.12. The second-order valence-corrected chi connectivity index (χ2v) is 5.95. The summed E-state index contributed by atoms with van der Waals surface area (Å²) >= 11 is 4.49. The summed E-state index contributed by atoms with van der Waals surface area (Å²) in [5.74, 6) is -1.67. The standard InChI is InChI=1S/C12H15BrN2O4S/c1-7(12(18)19)15(4-3-14-8(2)16)11(17)10-5-9(13)6-20-10/h5-7H,3-4H2,1-2H3,(H,14,16)(H,18,19). The summed E-state index contributed by atoms with van der Waals surface area (Å²) in [6, 6.07) is 0.685. The van der Waals surface area contributed by atoms with Gasteiger partial charge in [-0.1, -0.05) is 0 Å². The lowest BCUT2D eigenvalue weighted by Gasteiger charge is -2.26. The number of aliphatic carboxylic acids is 1. The third-order valence-electron chi connectivity index (χ3n) is 2.59. The summed E-state index contributed by atoms with van der Waals surface area (Å²) in [6.07, 6.45) is 0. The fourth-order valence-electron chi connectivity index (χ4n) is 1.52. The van der Waals surface area contributed by atoms with Crippen LogP contribution in [-0.4, -0.2) is 46.9 Å². The van der Waals surface area contributed by atoms with Gasteiger partial charge in [0, 0.05) is 29.9 Å². The molecule has 0 aliphatic carbocycles. The molecule has 8 heteroatoms. The quantitative estimate of drug-likeness (QED) is 0.803. The number of halogens is 1. The number of nitrogens with zero attached hydrogens (tertiary/aromatic N) is 1. The van der Waals surface area contributed by atoms with Gasteiger partial charge in [-0.2, -0.15) is 0 Å². The van der Waals surface area contributed by atoms with Crippen molar-refractivity contribution in [1.82, 2.24) is 10.2 Å². The van der Waals surface area contributed by atoms with Crippen molar-refractivity contribution < 1.29 is 19.5 Å². The van der Waals surface area contributed by atoms with E-state index in [1.807, 2.05) is 0 Å². The van der Waals surface area contributed by atoms with Crippen LogP contribution in [0.15, 0.2) is 15.9 Å². The maximum atomic E-state index is 12.3. The fraction of sp³-hybridized carbons (Fsp3) is 0.417. The molecule has 110 valence electrons. The van der Waals surface area contributed by atoms with E-state index in [0.717, 1.165) is 4.47 Å². The maximum absolute atomic E-state index is 12.3. The minimum Gasteiger partial charge on any atom is -0.480 e. The van der Waals surface area contributed by atoms with Crippen molar-refractivity contribution in [3.05, 3.63) is 20.8 Å². The van der Waals surface area contributed by atoms with Gasteiger partial charge in [0.2, 0.25) is 5.91 Å². The molecule has 0 spiro atoms. The molecular weight excluding hydrogens is 348 g/mol. The van der Waals surface area contributed by atoms with Crippen LogP contribution in [0.3, 0.4) is 0 Å². The fourth-order valence-corrected chi connectivity index (χ4v) is 2.90. The first-order valence-corrected chi connectivity index (χ1v) is 7.52. The zero-order valence-electron chi connectivity index (χ0n) is 11.1. The molecule has 0 aliphatic heterocycles. The van der Waals surface area contributed by atoms with Crippen molar-refractivity contribution >= 4 is 45.1 Å². The monoisotopic (exact) mass is 362 g/mol. The van der Waals surface area contributed by atoms with Crippen molar-refractivity contribution in [2.75, 3.05) is 13.1 Å². The normalized spacial score (nSPS) is 11.8. The molecule has 0 fully saturated rings. The third-order valence-corrected chi connectivity index (χ3v) is 4.27. The van der Waals surface area contributed by atoms with E-state index < -0.39 is 12.0 Å². The van der Waals surface area contributed by atoms with Crippen molar-refractivity contribution in [2.24, 2.45) is 0 Å². The van der Waals surface area contributed by atoms with Gasteiger partial charge < -0.3 is 15.3 Å². The van der Waals surface area contributed by atoms with Crippen LogP contribution in [0.2, 0.25) is 0 Å². The molecule has 1 unspecified atom stereocenters. The van der Waals surface area contributed by atoms with Gasteiger partial charge in [-0.3, -0.25) is 9.59 Å². The van der Waals surface area contributed by atoms with Gasteiger partial charge in [-0.05, 0) is 28.9 Å². The smallest absolute Gasteiger partial charge is 0.326 e. The molecule has 1 aromatic heterocycles. The van der Waals surface area contributed by atoms with Crippen LogP contribution < -0.4 is 5.32 Å². The van der Waals surface area contributed by atoms with Gasteiger partial charge in [-0.15, -0.1) is 11.3 Å². The third kappa shape index (κ3) is 4.61. The van der Waals surface area contributed by atoms with Gasteiger partial charge in [0.25, 0.3) is 5.91 Å². The largest absolute Gasteiger partial charge is 0.480 e. The maximum Gasteiger partial charge on any atom is 0.326 e. The number of carbonyl (C=O) groups is 3. The molecule has 1 heterocycles. The molecule has 1 rings (SSSR count). The minimum atomic E-state index is -1.09. The Morgan fingerprint density at radius 3 is 2.60 bits per heavy atom. The number of carboxylic acid groups (broad SMARTS) is 1. The van der Waals surface area contributed by atoms with Gasteiger partial charge in [-0.25, -0.2) is 4.79 Å². The van der Waals surface area contributed by atoms with Gasteiger partial charge >= 0.3 is 5.97 Å². The Morgan fingerprint density at radius 2 is 2.15 bits per heavy atom. The first-order valence-electron chi connectivity index (χ1n) is 5.85. The Hall–Kier alpha value is -1.41. The zero-order valence-corrected chi connectivity index (χ0v) is 13.5. The molecule has 1 atom stereocenters. The first kappa shape index (κ1) is 16.6.